The third-order valence-electron chi connectivity index (χ3n) is 11.3. The average molecular weight is 849 g/mol. The summed E-state index contributed by atoms with van der Waals surface area (Å²) in [5.41, 5.74) is 10.8. The van der Waals surface area contributed by atoms with Crippen molar-refractivity contribution in [3.8, 4) is 34.7 Å². The van der Waals surface area contributed by atoms with Crippen molar-refractivity contribution >= 4 is 56.8 Å². The zero-order chi connectivity index (χ0) is 44.3. The summed E-state index contributed by atoms with van der Waals surface area (Å²) >= 11 is 0. The molecule has 64 heavy (non-hydrogen) atoms. The van der Waals surface area contributed by atoms with Crippen molar-refractivity contribution in [1.82, 2.24) is 39.4 Å². The van der Waals surface area contributed by atoms with Crippen LogP contribution in [-0.4, -0.2) is 65.7 Å². The molecule has 8 aromatic rings. The summed E-state index contributed by atoms with van der Waals surface area (Å²) in [7, 11) is 0. The van der Waals surface area contributed by atoms with Crippen molar-refractivity contribution in [2.75, 3.05) is 23.7 Å². The van der Waals surface area contributed by atoms with Crippen LogP contribution in [0.15, 0.2) is 97.3 Å². The van der Waals surface area contributed by atoms with E-state index in [1.807, 2.05) is 73.1 Å². The maximum absolute atomic E-state index is 12.3. The molecule has 2 saturated carbocycles. The zero-order valence-electron chi connectivity index (χ0n) is 36.0. The lowest BCUT2D eigenvalue weighted by molar-refractivity contribution is 0.0942. The largest absolute Gasteiger partial charge is 0.367 e. The minimum absolute atomic E-state index is 0.0294. The summed E-state index contributed by atoms with van der Waals surface area (Å²) in [6.45, 7) is 7.98. The Morgan fingerprint density at radius 1 is 0.672 bits per heavy atom. The second kappa shape index (κ2) is 17.9. The Labute approximate surface area is 370 Å². The minimum Gasteiger partial charge on any atom is -0.367 e. The maximum Gasteiger partial charge on any atom is 0.251 e. The van der Waals surface area contributed by atoms with E-state index in [2.05, 4.69) is 72.9 Å². The number of benzene rings is 4. The van der Waals surface area contributed by atoms with Crippen LogP contribution >= 0.6 is 0 Å². The zero-order valence-corrected chi connectivity index (χ0v) is 36.0. The molecule has 0 atom stereocenters. The van der Waals surface area contributed by atoms with E-state index in [0.29, 0.717) is 51.9 Å². The van der Waals surface area contributed by atoms with Gasteiger partial charge in [0.1, 0.15) is 0 Å². The number of hydrogen-bond donors (Lipinski definition) is 4. The van der Waals surface area contributed by atoms with Gasteiger partial charge in [-0.15, -0.1) is 0 Å². The highest BCUT2D eigenvalue weighted by molar-refractivity contribution is 5.96. The van der Waals surface area contributed by atoms with Gasteiger partial charge in [0.25, 0.3) is 11.8 Å². The van der Waals surface area contributed by atoms with E-state index in [9.17, 15) is 20.1 Å². The maximum atomic E-state index is 12.3. The molecule has 0 bridgehead atoms. The van der Waals surface area contributed by atoms with Crippen LogP contribution in [-0.2, 0) is 0 Å². The molecule has 4 heterocycles. The SMILES string of the molecule is CC(C)CNc1nc2cc(C#N)ccc2n2c(-c3ccc(C(=O)NC4CC4)cc3)cnc12.CCCCNc1nc2cc(C#N)ccc2n2c(-c3ccc(C(=O)NC4CC4)cc3)cnc12. The van der Waals surface area contributed by atoms with Crippen LogP contribution in [0.5, 0.6) is 0 Å². The van der Waals surface area contributed by atoms with Crippen molar-refractivity contribution in [3.63, 3.8) is 0 Å². The lowest BCUT2D eigenvalue weighted by atomic mass is 10.1. The number of fused-ring (bicyclic) bond motifs is 6. The molecule has 0 radical (unpaired) electrons. The Bertz CT molecular complexity index is 3130. The van der Waals surface area contributed by atoms with Gasteiger partial charge in [-0.25, -0.2) is 19.9 Å². The van der Waals surface area contributed by atoms with Gasteiger partial charge in [0, 0.05) is 47.4 Å². The first-order chi connectivity index (χ1) is 31.2. The van der Waals surface area contributed by atoms with Gasteiger partial charge in [0.05, 0.1) is 69.1 Å². The smallest absolute Gasteiger partial charge is 0.251 e. The number of carbonyl (C=O) groups excluding carboxylic acids is 2. The van der Waals surface area contributed by atoms with Gasteiger partial charge in [-0.3, -0.25) is 18.4 Å². The number of unbranched alkanes of at least 4 members (excludes halogenated alkanes) is 1. The number of carbonyl (C=O) groups is 2. The number of rotatable bonds is 13. The van der Waals surface area contributed by atoms with Crippen LogP contribution in [0.2, 0.25) is 0 Å². The van der Waals surface area contributed by atoms with Gasteiger partial charge in [-0.2, -0.15) is 10.5 Å². The highest BCUT2D eigenvalue weighted by Crippen LogP contribution is 2.32. The lowest BCUT2D eigenvalue weighted by Crippen LogP contribution is -2.25. The van der Waals surface area contributed by atoms with E-state index in [1.54, 1.807) is 24.3 Å². The van der Waals surface area contributed by atoms with Crippen molar-refractivity contribution in [1.29, 1.82) is 10.5 Å². The Morgan fingerprint density at radius 3 is 1.53 bits per heavy atom. The van der Waals surface area contributed by atoms with Gasteiger partial charge < -0.3 is 21.3 Å². The predicted molar refractivity (Wildman–Crippen MR) is 249 cm³/mol. The van der Waals surface area contributed by atoms with E-state index >= 15 is 0 Å². The van der Waals surface area contributed by atoms with Gasteiger partial charge in [-0.05, 0) is 98.7 Å². The first-order valence-corrected chi connectivity index (χ1v) is 21.9. The third kappa shape index (κ3) is 8.76. The summed E-state index contributed by atoms with van der Waals surface area (Å²) < 4.78 is 4.13. The van der Waals surface area contributed by atoms with Crippen LogP contribution in [0, 0.1) is 28.6 Å². The minimum atomic E-state index is -0.0314. The topological polar surface area (TPSA) is 190 Å². The molecule has 4 aromatic carbocycles. The van der Waals surface area contributed by atoms with Crippen LogP contribution in [0.25, 0.3) is 55.9 Å². The molecule has 0 saturated heterocycles. The Morgan fingerprint density at radius 2 is 1.12 bits per heavy atom. The molecular weight excluding hydrogens is 801 g/mol. The lowest BCUT2D eigenvalue weighted by Gasteiger charge is -2.13. The van der Waals surface area contributed by atoms with Crippen LogP contribution in [0.1, 0.15) is 91.1 Å². The molecule has 14 heteroatoms. The Kier molecular flexibility index (Phi) is 11.6. The molecule has 2 fully saturated rings. The van der Waals surface area contributed by atoms with E-state index in [0.717, 1.165) is 107 Å². The number of amides is 2. The molecule has 14 nitrogen and oxygen atoms in total. The second-order valence-corrected chi connectivity index (χ2v) is 16.9. The standard InChI is InChI=1S/2C25H24N6O/c1-15(2)13-27-23-24-28-14-22(31(24)21-10-3-16(12-26)11-20(21)30-23)17-4-6-18(7-5-17)25(32)29-19-8-9-19;1-2-3-12-27-23-24-28-15-22(31(24)21-11-4-16(14-26)13-20(21)30-23)17-5-7-18(8-6-17)25(32)29-19-9-10-19/h3-7,10-11,14-15,19H,8-9,13H2,1-2H3,(H,27,30)(H,29,32);4-8,11,13,15,19H,2-3,9-10,12H2,1H3,(H,27,30)(H,29,32). The van der Waals surface area contributed by atoms with Crippen LogP contribution in [0.4, 0.5) is 11.6 Å². The van der Waals surface area contributed by atoms with E-state index in [-0.39, 0.29) is 11.8 Å². The Hall–Kier alpha value is -7.84. The third-order valence-corrected chi connectivity index (χ3v) is 11.3. The van der Waals surface area contributed by atoms with Crippen molar-refractivity contribution in [2.45, 2.75) is 71.4 Å². The highest BCUT2D eigenvalue weighted by Gasteiger charge is 2.25. The number of nitriles is 2. The number of aromatic nitrogens is 6. The van der Waals surface area contributed by atoms with Gasteiger partial charge in [0.15, 0.2) is 22.9 Å². The van der Waals surface area contributed by atoms with E-state index < -0.39 is 0 Å². The van der Waals surface area contributed by atoms with Crippen LogP contribution < -0.4 is 21.3 Å². The number of nitrogens with zero attached hydrogens (tertiary/aromatic N) is 8. The number of anilines is 2. The van der Waals surface area contributed by atoms with Crippen LogP contribution in [0.3, 0.4) is 0 Å². The van der Waals surface area contributed by atoms with E-state index in [1.165, 1.54) is 0 Å². The molecule has 2 aliphatic rings. The molecule has 10 rings (SSSR count). The fourth-order valence-electron chi connectivity index (χ4n) is 7.52. The van der Waals surface area contributed by atoms with Gasteiger partial charge in [-0.1, -0.05) is 51.5 Å². The average Bonchev–Trinajstić information content (AvgIpc) is 4.23. The summed E-state index contributed by atoms with van der Waals surface area (Å²) in [6.07, 6.45) is 10.0. The van der Waals surface area contributed by atoms with Crippen molar-refractivity contribution in [3.05, 3.63) is 120 Å². The molecule has 2 amide bonds. The molecule has 0 spiro atoms. The number of hydrogen-bond acceptors (Lipinski definition) is 10. The fourth-order valence-corrected chi connectivity index (χ4v) is 7.52. The molecule has 320 valence electrons. The summed E-state index contributed by atoms with van der Waals surface area (Å²) in [5.74, 6) is 1.77. The highest BCUT2D eigenvalue weighted by atomic mass is 16.2. The normalized spacial score (nSPS) is 13.3. The quantitative estimate of drug-likeness (QED) is 0.0815. The molecule has 0 unspecified atom stereocenters. The molecule has 4 aromatic heterocycles. The second-order valence-electron chi connectivity index (χ2n) is 16.9. The van der Waals surface area contributed by atoms with Crippen molar-refractivity contribution < 1.29 is 9.59 Å². The van der Waals surface area contributed by atoms with Gasteiger partial charge >= 0.3 is 0 Å². The Balaban J connectivity index is 0.000000162. The monoisotopic (exact) mass is 848 g/mol. The summed E-state index contributed by atoms with van der Waals surface area (Å²) in [6, 6.07) is 31.2. The predicted octanol–water partition coefficient (Wildman–Crippen LogP) is 8.91. The van der Waals surface area contributed by atoms with E-state index in [4.69, 9.17) is 9.97 Å². The van der Waals surface area contributed by atoms with Gasteiger partial charge in [0.2, 0.25) is 0 Å². The molecule has 0 aliphatic heterocycles. The summed E-state index contributed by atoms with van der Waals surface area (Å²) in [4.78, 5) is 43.5. The summed E-state index contributed by atoms with van der Waals surface area (Å²) in [5, 5.41) is 31.5. The first-order valence-electron chi connectivity index (χ1n) is 21.9. The number of nitrogens with one attached hydrogen (secondary N) is 4. The first kappa shape index (κ1) is 41.5. The van der Waals surface area contributed by atoms with Crippen molar-refractivity contribution in [2.24, 2.45) is 5.92 Å². The fraction of sp³-hybridized carbons (Fsp3) is 0.280. The molecule has 2 aliphatic carbocycles. The number of imidazole rings is 2. The molecule has 4 N–H and O–H groups in total. The molecular formula is C50H48N12O2.